The molecule has 2 aliphatic rings. The molecule has 0 spiro atoms. The Kier molecular flexibility index (Phi) is 4.24. The lowest BCUT2D eigenvalue weighted by Gasteiger charge is -2.47. The van der Waals surface area contributed by atoms with Gasteiger partial charge in [-0.2, -0.15) is 0 Å². The van der Waals surface area contributed by atoms with Gasteiger partial charge in [0.05, 0.1) is 25.5 Å². The molecule has 132 valence electrons. The van der Waals surface area contributed by atoms with Crippen LogP contribution in [0.25, 0.3) is 0 Å². The van der Waals surface area contributed by atoms with Gasteiger partial charge in [0.25, 0.3) is 0 Å². The Morgan fingerprint density at radius 3 is 2.76 bits per heavy atom. The first-order valence-corrected chi connectivity index (χ1v) is 7.96. The summed E-state index contributed by atoms with van der Waals surface area (Å²) in [6, 6.07) is 3.55. The number of carbonyl (C=O) groups excluding carboxylic acids is 1. The van der Waals surface area contributed by atoms with E-state index in [0.29, 0.717) is 12.3 Å². The summed E-state index contributed by atoms with van der Waals surface area (Å²) in [5.74, 6) is -0.661. The van der Waals surface area contributed by atoms with Crippen LogP contribution in [0.15, 0.2) is 35.4 Å². The summed E-state index contributed by atoms with van der Waals surface area (Å²) in [4.78, 5) is 28.2. The number of hydrogen-bond donors (Lipinski definition) is 2. The van der Waals surface area contributed by atoms with E-state index in [1.165, 1.54) is 7.11 Å². The Balaban J connectivity index is 2.23. The van der Waals surface area contributed by atoms with Crippen molar-refractivity contribution in [1.29, 1.82) is 0 Å². The summed E-state index contributed by atoms with van der Waals surface area (Å²) in [6.45, 7) is 1.89. The van der Waals surface area contributed by atoms with Gasteiger partial charge in [-0.3, -0.25) is 0 Å². The molecule has 0 saturated heterocycles. The Labute approximate surface area is 145 Å². The zero-order valence-electron chi connectivity index (χ0n) is 14.3. The second kappa shape index (κ2) is 6.23. The first-order chi connectivity index (χ1) is 11.9. The highest BCUT2D eigenvalue weighted by molar-refractivity contribution is 5.88. The van der Waals surface area contributed by atoms with E-state index in [4.69, 9.17) is 9.47 Å². The van der Waals surface area contributed by atoms with Crippen LogP contribution in [0.2, 0.25) is 0 Å². The predicted molar refractivity (Wildman–Crippen MR) is 89.3 cm³/mol. The van der Waals surface area contributed by atoms with Gasteiger partial charge in [-0.25, -0.2) is 14.6 Å². The second-order valence-corrected chi connectivity index (χ2v) is 6.10. The lowest BCUT2D eigenvalue weighted by Crippen LogP contribution is -2.54. The number of hydrogen-bond acceptors (Lipinski definition) is 5. The van der Waals surface area contributed by atoms with Gasteiger partial charge in [0.15, 0.2) is 0 Å². The van der Waals surface area contributed by atoms with Gasteiger partial charge in [-0.15, -0.1) is 0 Å². The number of alkyl carbamates (subject to hydrolysis) is 1. The Morgan fingerprint density at radius 1 is 1.40 bits per heavy atom. The highest BCUT2D eigenvalue weighted by Crippen LogP contribution is 2.50. The van der Waals surface area contributed by atoms with Gasteiger partial charge in [-0.1, -0.05) is 12.2 Å². The summed E-state index contributed by atoms with van der Waals surface area (Å²) in [6.07, 6.45) is 3.75. The van der Waals surface area contributed by atoms with Crippen molar-refractivity contribution in [2.24, 2.45) is 5.92 Å². The maximum Gasteiger partial charge on any atom is 0.407 e. The Hall–Kier alpha value is -2.83. The smallest absolute Gasteiger partial charge is 0.407 e. The average Bonchev–Trinajstić information content (AvgIpc) is 2.60. The SMILES string of the molecule is C/C=C1\C2C=C(C(=O)O)CC1(NC(=O)OC)c1ccc(OC)nc1C2. The Morgan fingerprint density at radius 2 is 2.16 bits per heavy atom. The third-order valence-electron chi connectivity index (χ3n) is 4.87. The fourth-order valence-electron chi connectivity index (χ4n) is 3.88. The van der Waals surface area contributed by atoms with E-state index in [0.717, 1.165) is 16.8 Å². The molecule has 0 fully saturated rings. The summed E-state index contributed by atoms with van der Waals surface area (Å²) in [7, 11) is 2.83. The van der Waals surface area contributed by atoms with Crippen LogP contribution in [0.3, 0.4) is 0 Å². The number of methoxy groups -OCH3 is 2. The fourth-order valence-corrected chi connectivity index (χ4v) is 3.88. The van der Waals surface area contributed by atoms with Crippen LogP contribution in [-0.2, 0) is 21.5 Å². The molecular weight excluding hydrogens is 324 g/mol. The molecule has 0 radical (unpaired) electrons. The van der Waals surface area contributed by atoms with Crippen molar-refractivity contribution in [1.82, 2.24) is 10.3 Å². The number of carboxylic acid groups (broad SMARTS) is 1. The highest BCUT2D eigenvalue weighted by Gasteiger charge is 2.50. The number of pyridine rings is 1. The number of aliphatic carboxylic acids is 1. The number of aromatic nitrogens is 1. The zero-order chi connectivity index (χ0) is 18.2. The molecule has 2 bridgehead atoms. The van der Waals surface area contributed by atoms with Crippen LogP contribution in [0.1, 0.15) is 24.6 Å². The summed E-state index contributed by atoms with van der Waals surface area (Å²) in [5.41, 5.74) is 1.79. The molecule has 1 aromatic rings. The van der Waals surface area contributed by atoms with Gasteiger partial charge >= 0.3 is 12.1 Å². The van der Waals surface area contributed by atoms with Crippen LogP contribution >= 0.6 is 0 Å². The quantitative estimate of drug-likeness (QED) is 0.816. The monoisotopic (exact) mass is 344 g/mol. The molecule has 0 saturated carbocycles. The third-order valence-corrected chi connectivity index (χ3v) is 4.87. The number of nitrogens with one attached hydrogen (secondary N) is 1. The largest absolute Gasteiger partial charge is 0.481 e. The number of ether oxygens (including phenoxy) is 2. The van der Waals surface area contributed by atoms with Crippen molar-refractivity contribution in [3.05, 3.63) is 46.7 Å². The molecule has 25 heavy (non-hydrogen) atoms. The van der Waals surface area contributed by atoms with Crippen molar-refractivity contribution in [3.63, 3.8) is 0 Å². The van der Waals surface area contributed by atoms with E-state index in [9.17, 15) is 14.7 Å². The first kappa shape index (κ1) is 17.0. The van der Waals surface area contributed by atoms with Crippen molar-refractivity contribution in [2.45, 2.75) is 25.3 Å². The highest BCUT2D eigenvalue weighted by atomic mass is 16.5. The summed E-state index contributed by atoms with van der Waals surface area (Å²) >= 11 is 0. The minimum Gasteiger partial charge on any atom is -0.481 e. The first-order valence-electron chi connectivity index (χ1n) is 7.96. The number of fused-ring (bicyclic) bond motifs is 4. The number of carbonyl (C=O) groups is 2. The predicted octanol–water partition coefficient (Wildman–Crippen LogP) is 2.17. The molecule has 2 unspecified atom stereocenters. The number of nitrogens with zero attached hydrogens (tertiary/aromatic N) is 1. The van der Waals surface area contributed by atoms with Crippen LogP contribution in [0, 0.1) is 5.92 Å². The van der Waals surface area contributed by atoms with E-state index in [1.54, 1.807) is 19.3 Å². The maximum atomic E-state index is 12.1. The molecule has 2 N–H and O–H groups in total. The maximum absolute atomic E-state index is 12.1. The van der Waals surface area contributed by atoms with Crippen molar-refractivity contribution in [3.8, 4) is 5.88 Å². The molecule has 7 heteroatoms. The van der Waals surface area contributed by atoms with Gasteiger partial charge in [0.2, 0.25) is 5.88 Å². The normalized spacial score (nSPS) is 25.6. The second-order valence-electron chi connectivity index (χ2n) is 6.10. The van der Waals surface area contributed by atoms with Gasteiger partial charge in [-0.05, 0) is 18.6 Å². The molecule has 7 nitrogen and oxygen atoms in total. The molecule has 0 aliphatic heterocycles. The molecule has 2 aliphatic carbocycles. The van der Waals surface area contributed by atoms with Gasteiger partial charge in [0.1, 0.15) is 0 Å². The van der Waals surface area contributed by atoms with E-state index < -0.39 is 17.6 Å². The Bertz CT molecular complexity index is 799. The zero-order valence-corrected chi connectivity index (χ0v) is 14.3. The molecule has 1 amide bonds. The molecule has 2 atom stereocenters. The van der Waals surface area contributed by atoms with Gasteiger partial charge < -0.3 is 19.9 Å². The number of carboxylic acids is 1. The average molecular weight is 344 g/mol. The van der Waals surface area contributed by atoms with Crippen LogP contribution in [-0.4, -0.2) is 36.4 Å². The third kappa shape index (κ3) is 2.65. The van der Waals surface area contributed by atoms with E-state index in [-0.39, 0.29) is 17.9 Å². The van der Waals surface area contributed by atoms with Crippen LogP contribution in [0.5, 0.6) is 5.88 Å². The molecule has 0 aromatic carbocycles. The number of rotatable bonds is 3. The van der Waals surface area contributed by atoms with E-state index >= 15 is 0 Å². The van der Waals surface area contributed by atoms with E-state index in [2.05, 4.69) is 10.3 Å². The van der Waals surface area contributed by atoms with Crippen LogP contribution in [0.4, 0.5) is 4.79 Å². The van der Waals surface area contributed by atoms with Crippen molar-refractivity contribution >= 4 is 12.1 Å². The molecular formula is C18H20N2O5. The van der Waals surface area contributed by atoms with Gasteiger partial charge in [0, 0.05) is 36.0 Å². The molecule has 1 heterocycles. The lowest BCUT2D eigenvalue weighted by molar-refractivity contribution is -0.133. The molecule has 3 rings (SSSR count). The number of amides is 1. The minimum absolute atomic E-state index is 0.134. The molecule has 1 aromatic heterocycles. The fraction of sp³-hybridized carbons (Fsp3) is 0.389. The van der Waals surface area contributed by atoms with Crippen LogP contribution < -0.4 is 10.1 Å². The standard InChI is InChI=1S/C18H20N2O5/c1-4-12-10-7-11(16(21)22)9-18(12,20-17(23)25-3)13-5-6-15(24-2)19-14(13)8-10/h4-7,10H,8-9H2,1-3H3,(H,20,23)(H,21,22)/b12-4+. The lowest BCUT2D eigenvalue weighted by atomic mass is 9.63. The summed E-state index contributed by atoms with van der Waals surface area (Å²) < 4.78 is 10.0. The summed E-state index contributed by atoms with van der Waals surface area (Å²) in [5, 5.41) is 12.4. The van der Waals surface area contributed by atoms with E-state index in [1.807, 2.05) is 19.1 Å². The minimum atomic E-state index is -0.985. The van der Waals surface area contributed by atoms with Crippen molar-refractivity contribution in [2.75, 3.05) is 14.2 Å². The topological polar surface area (TPSA) is 97.8 Å². The van der Waals surface area contributed by atoms with Crippen molar-refractivity contribution < 1.29 is 24.2 Å². The number of allylic oxidation sites excluding steroid dienone is 2.